The van der Waals surface area contributed by atoms with Crippen molar-refractivity contribution in [2.24, 2.45) is 0 Å². The molecule has 2 amide bonds. The van der Waals surface area contributed by atoms with Crippen molar-refractivity contribution in [2.45, 2.75) is 20.8 Å². The van der Waals surface area contributed by atoms with Crippen LogP contribution in [-0.2, 0) is 9.59 Å². The Labute approximate surface area is 182 Å². The lowest BCUT2D eigenvalue weighted by Crippen LogP contribution is -2.32. The van der Waals surface area contributed by atoms with Crippen molar-refractivity contribution < 1.29 is 14.3 Å². The van der Waals surface area contributed by atoms with Crippen LogP contribution in [0.5, 0.6) is 5.75 Å². The number of nitrogens with zero attached hydrogens (tertiary/aromatic N) is 1. The summed E-state index contributed by atoms with van der Waals surface area (Å²) in [5.74, 6) is -0.0157. The topological polar surface area (TPSA) is 58.6 Å². The third-order valence-electron chi connectivity index (χ3n) is 5.15. The molecule has 5 heteroatoms. The summed E-state index contributed by atoms with van der Waals surface area (Å²) in [7, 11) is 0. The van der Waals surface area contributed by atoms with E-state index >= 15 is 0 Å². The second kappa shape index (κ2) is 8.48. The third kappa shape index (κ3) is 4.08. The normalized spacial score (nSPS) is 13.7. The molecule has 1 N–H and O–H groups in total. The van der Waals surface area contributed by atoms with Gasteiger partial charge in [0, 0.05) is 5.69 Å². The van der Waals surface area contributed by atoms with Gasteiger partial charge in [-0.2, -0.15) is 0 Å². The van der Waals surface area contributed by atoms with E-state index in [0.29, 0.717) is 29.2 Å². The van der Waals surface area contributed by atoms with Crippen LogP contribution in [0.1, 0.15) is 23.6 Å². The summed E-state index contributed by atoms with van der Waals surface area (Å²) in [4.78, 5) is 28.1. The van der Waals surface area contributed by atoms with Crippen molar-refractivity contribution in [1.29, 1.82) is 0 Å². The molecule has 3 aromatic rings. The fraction of sp³-hybridized carbons (Fsp3) is 0.154. The van der Waals surface area contributed by atoms with Crippen molar-refractivity contribution in [3.05, 3.63) is 95.2 Å². The molecule has 156 valence electrons. The Bertz CT molecular complexity index is 1140. The van der Waals surface area contributed by atoms with Crippen LogP contribution >= 0.6 is 0 Å². The highest BCUT2D eigenvalue weighted by Gasteiger charge is 2.40. The molecule has 1 aliphatic heterocycles. The average molecular weight is 412 g/mol. The highest BCUT2D eigenvalue weighted by molar-refractivity contribution is 6.46. The molecule has 0 saturated carbocycles. The fourth-order valence-corrected chi connectivity index (χ4v) is 3.51. The van der Waals surface area contributed by atoms with E-state index in [2.05, 4.69) is 5.32 Å². The molecule has 31 heavy (non-hydrogen) atoms. The molecule has 0 aromatic heterocycles. The Balaban J connectivity index is 1.78. The molecule has 0 atom stereocenters. The molecule has 0 radical (unpaired) electrons. The molecule has 3 aromatic carbocycles. The van der Waals surface area contributed by atoms with Crippen LogP contribution in [-0.4, -0.2) is 18.4 Å². The number of rotatable bonds is 6. The first-order valence-corrected chi connectivity index (χ1v) is 10.2. The Kier molecular flexibility index (Phi) is 5.58. The van der Waals surface area contributed by atoms with E-state index in [0.717, 1.165) is 16.8 Å². The van der Waals surface area contributed by atoms with Crippen molar-refractivity contribution >= 4 is 28.8 Å². The van der Waals surface area contributed by atoms with Gasteiger partial charge in [-0.3, -0.25) is 9.59 Å². The van der Waals surface area contributed by atoms with E-state index < -0.39 is 0 Å². The van der Waals surface area contributed by atoms with E-state index in [4.69, 9.17) is 4.74 Å². The van der Waals surface area contributed by atoms with Gasteiger partial charge >= 0.3 is 0 Å². The standard InChI is InChI=1S/C26H24N2O3/c1-4-31-22-15-9-19(10-16-22)23-24(27-20-11-5-17(2)6-12-20)26(30)28(25(23)29)21-13-7-18(3)8-14-21/h5-16,27H,4H2,1-3H3. The first kappa shape index (κ1) is 20.4. The van der Waals surface area contributed by atoms with Crippen LogP contribution < -0.4 is 15.0 Å². The lowest BCUT2D eigenvalue weighted by molar-refractivity contribution is -0.120. The highest BCUT2D eigenvalue weighted by Crippen LogP contribution is 2.34. The van der Waals surface area contributed by atoms with E-state index in [-0.39, 0.29) is 17.5 Å². The lowest BCUT2D eigenvalue weighted by atomic mass is 10.0. The van der Waals surface area contributed by atoms with Gasteiger partial charge in [0.15, 0.2) is 0 Å². The lowest BCUT2D eigenvalue weighted by Gasteiger charge is -2.15. The van der Waals surface area contributed by atoms with Gasteiger partial charge in [0.25, 0.3) is 11.8 Å². The Hall–Kier alpha value is -3.86. The van der Waals surface area contributed by atoms with Crippen LogP contribution in [0.3, 0.4) is 0 Å². The maximum atomic E-state index is 13.4. The van der Waals surface area contributed by atoms with Crippen molar-refractivity contribution in [3.63, 3.8) is 0 Å². The van der Waals surface area contributed by atoms with Crippen LogP contribution in [0.25, 0.3) is 5.57 Å². The van der Waals surface area contributed by atoms with Gasteiger partial charge in [-0.1, -0.05) is 47.5 Å². The molecule has 5 nitrogen and oxygen atoms in total. The number of imide groups is 1. The number of ether oxygens (including phenoxy) is 1. The largest absolute Gasteiger partial charge is 0.494 e. The predicted molar refractivity (Wildman–Crippen MR) is 123 cm³/mol. The van der Waals surface area contributed by atoms with E-state index in [1.807, 2.05) is 69.3 Å². The number of aryl methyl sites for hydroxylation is 2. The van der Waals surface area contributed by atoms with Crippen molar-refractivity contribution in [2.75, 3.05) is 16.8 Å². The molecule has 4 rings (SSSR count). The number of nitrogens with one attached hydrogen (secondary N) is 1. The SMILES string of the molecule is CCOc1ccc(C2=C(Nc3ccc(C)cc3)C(=O)N(c3ccc(C)cc3)C2=O)cc1. The summed E-state index contributed by atoms with van der Waals surface area (Å²) in [5.41, 5.74) is 4.72. The summed E-state index contributed by atoms with van der Waals surface area (Å²) in [6.45, 7) is 6.43. The van der Waals surface area contributed by atoms with Gasteiger partial charge in [0.05, 0.1) is 17.9 Å². The maximum absolute atomic E-state index is 13.4. The van der Waals surface area contributed by atoms with Gasteiger partial charge in [-0.05, 0) is 62.7 Å². The maximum Gasteiger partial charge on any atom is 0.282 e. The minimum Gasteiger partial charge on any atom is -0.494 e. The van der Waals surface area contributed by atoms with E-state index in [9.17, 15) is 9.59 Å². The predicted octanol–water partition coefficient (Wildman–Crippen LogP) is 5.10. The zero-order valence-corrected chi connectivity index (χ0v) is 17.8. The number of benzene rings is 3. The first-order chi connectivity index (χ1) is 15.0. The molecule has 0 aliphatic carbocycles. The fourth-order valence-electron chi connectivity index (χ4n) is 3.51. The molecule has 0 unspecified atom stereocenters. The Morgan fingerprint density at radius 2 is 1.35 bits per heavy atom. The van der Waals surface area contributed by atoms with E-state index in [1.54, 1.807) is 24.3 Å². The highest BCUT2D eigenvalue weighted by atomic mass is 16.5. The number of carbonyl (C=O) groups is 2. The van der Waals surface area contributed by atoms with Gasteiger partial charge in [-0.25, -0.2) is 4.90 Å². The average Bonchev–Trinajstić information content (AvgIpc) is 3.01. The number of anilines is 2. The second-order valence-corrected chi connectivity index (χ2v) is 7.48. The molecule has 1 aliphatic rings. The summed E-state index contributed by atoms with van der Waals surface area (Å²) in [6.07, 6.45) is 0. The quantitative estimate of drug-likeness (QED) is 0.573. The van der Waals surface area contributed by atoms with Gasteiger partial charge < -0.3 is 10.1 Å². The van der Waals surface area contributed by atoms with E-state index in [1.165, 1.54) is 4.90 Å². The first-order valence-electron chi connectivity index (χ1n) is 10.2. The third-order valence-corrected chi connectivity index (χ3v) is 5.15. The minimum absolute atomic E-state index is 0.263. The van der Waals surface area contributed by atoms with Gasteiger partial charge in [-0.15, -0.1) is 0 Å². The summed E-state index contributed by atoms with van der Waals surface area (Å²) < 4.78 is 5.51. The zero-order chi connectivity index (χ0) is 22.0. The molecular weight excluding hydrogens is 388 g/mol. The smallest absolute Gasteiger partial charge is 0.282 e. The zero-order valence-electron chi connectivity index (χ0n) is 17.8. The molecule has 0 spiro atoms. The molecule has 0 bridgehead atoms. The van der Waals surface area contributed by atoms with Crippen LogP contribution in [0.15, 0.2) is 78.5 Å². The summed E-state index contributed by atoms with van der Waals surface area (Å²) >= 11 is 0. The van der Waals surface area contributed by atoms with Gasteiger partial charge in [0.2, 0.25) is 0 Å². The molecule has 1 heterocycles. The number of carbonyl (C=O) groups excluding carboxylic acids is 2. The van der Waals surface area contributed by atoms with Crippen molar-refractivity contribution in [3.8, 4) is 5.75 Å². The van der Waals surface area contributed by atoms with Gasteiger partial charge in [0.1, 0.15) is 11.4 Å². The summed E-state index contributed by atoms with van der Waals surface area (Å²) in [6, 6.07) is 22.3. The molecular formula is C26H24N2O3. The molecule has 0 fully saturated rings. The number of hydrogen-bond acceptors (Lipinski definition) is 4. The molecule has 0 saturated heterocycles. The Morgan fingerprint density at radius 1 is 0.774 bits per heavy atom. The van der Waals surface area contributed by atoms with Crippen LogP contribution in [0.4, 0.5) is 11.4 Å². The Morgan fingerprint density at radius 3 is 1.94 bits per heavy atom. The van der Waals surface area contributed by atoms with Crippen molar-refractivity contribution in [1.82, 2.24) is 0 Å². The minimum atomic E-state index is -0.377. The number of hydrogen-bond donors (Lipinski definition) is 1. The second-order valence-electron chi connectivity index (χ2n) is 7.48. The van der Waals surface area contributed by atoms with Crippen LogP contribution in [0.2, 0.25) is 0 Å². The monoisotopic (exact) mass is 412 g/mol. The van der Waals surface area contributed by atoms with Crippen LogP contribution in [0, 0.1) is 13.8 Å². The number of amides is 2. The summed E-state index contributed by atoms with van der Waals surface area (Å²) in [5, 5.41) is 3.18.